The highest BCUT2D eigenvalue weighted by molar-refractivity contribution is 6.02. The molecule has 0 saturated heterocycles. The Bertz CT molecular complexity index is 4740. The van der Waals surface area contributed by atoms with E-state index < -0.39 is 364 Å². The number of carboxylic acids is 5. The number of aliphatic hydroxyl groups is 1. The topological polar surface area (TPSA) is 927 Å². The molecule has 0 aliphatic rings. The van der Waals surface area contributed by atoms with E-state index in [9.17, 15) is 151 Å². The van der Waals surface area contributed by atoms with Crippen LogP contribution in [0.3, 0.4) is 0 Å². The summed E-state index contributed by atoms with van der Waals surface area (Å²) in [5, 5.41) is 115. The lowest BCUT2D eigenvalue weighted by molar-refractivity contribution is -0.144. The molecule has 0 bridgehead atoms. The number of hydrogen-bond donors (Lipinski definition) is 31. The van der Waals surface area contributed by atoms with E-state index in [0.29, 0.717) is 6.42 Å². The molecule has 0 saturated carbocycles. The van der Waals surface area contributed by atoms with Gasteiger partial charge in [-0.15, -0.1) is 0 Å². The van der Waals surface area contributed by atoms with Crippen LogP contribution in [0.4, 0.5) is 0 Å². The Balaban J connectivity index is 3.64. The third kappa shape index (κ3) is 52.0. The number of carboxylic acid groups (broad SMARTS) is 5. The molecule has 36 N–H and O–H groups in total. The normalized spacial score (nSPS) is 15.0. The zero-order chi connectivity index (χ0) is 114. The zero-order valence-electron chi connectivity index (χ0n) is 86.9. The Hall–Kier alpha value is -14.4. The molecule has 1 aromatic carbocycles. The van der Waals surface area contributed by atoms with Crippen LogP contribution < -0.4 is 130 Å². The molecule has 0 aliphatic carbocycles. The number of aromatic hydroxyl groups is 1. The maximum atomic E-state index is 14.7. The number of aliphatic hydroxyl groups excluding tert-OH is 1. The molecule has 1 aromatic rings. The number of unbranched alkanes of at least 4 members (excludes halogenated alkanes) is 3. The number of carbonyl (C=O) groups is 25. The number of primary amides is 1. The maximum Gasteiger partial charge on any atom is 0.326 e. The van der Waals surface area contributed by atoms with Gasteiger partial charge in [-0.25, -0.2) is 4.79 Å². The molecule has 56 heteroatoms. The number of nitrogens with two attached hydrogens (primary N) is 5. The number of nitrogens with one attached hydrogen (secondary N) is 19. The summed E-state index contributed by atoms with van der Waals surface area (Å²) in [5.41, 5.74) is 28.1. The Morgan fingerprint density at radius 1 is 0.300 bits per heavy atom. The van der Waals surface area contributed by atoms with Gasteiger partial charge in [-0.05, 0) is 178 Å². The molecule has 20 amide bonds. The summed E-state index contributed by atoms with van der Waals surface area (Å²) in [6.07, 6.45) is -7.31. The number of hydrogen-bond acceptors (Lipinski definition) is 31. The van der Waals surface area contributed by atoms with Crippen LogP contribution in [0, 0.1) is 29.6 Å². The van der Waals surface area contributed by atoms with Crippen molar-refractivity contribution in [3.63, 3.8) is 0 Å². The summed E-state index contributed by atoms with van der Waals surface area (Å²) in [5.74, 6) is -31.9. The van der Waals surface area contributed by atoms with Crippen molar-refractivity contribution in [2.75, 3.05) is 39.3 Å². The number of phenolic OH excluding ortho intramolecular Hbond substituents is 1. The Labute approximate surface area is 867 Å². The monoisotopic (exact) mass is 2130 g/mol. The standard InChI is InChI=1S/C94H156N24O32/c1-14-49(10)76(117-78(133)51(12)103-89(144)73(46(4)5)116-93(148)77(52(13)119)118-79(134)50(11)102-82(137)55(21-15-18-36-95)104-67(123)43-101-81(136)64(41-65(99)121)106-66(122)42-98)92(147)113-62(39-45(2)3)88(143)115-75(48(8)9)90(145)109-56(22-16-19-37-96)83(138)108-59(29-33-70(127)128)85(140)107-57(23-17-20-38-97)87(142)114-74(47(6)7)91(146)110-60(30-34-71(129)130)86(141)112-63(40-53-24-26-54(120)27-25-53)80(135)100-44-68(124)105-58(28-32-69(125)126)84(139)111-61(94(149)150)31-35-72(131)132/h24-27,45-52,55-64,73-77,119-120H,14-23,28-44,95-98H2,1-13H3,(H2,99,121)(H,100,135)(H,101,136)(H,102,137)(H,103,144)(H,104,123)(H,105,124)(H,106,122)(H,107,140)(H,108,138)(H,109,145)(H,110,146)(H,111,139)(H,112,141)(H,113,147)(H,114,142)(H,115,143)(H,116,148)(H,117,133)(H,118,134)(H,125,126)(H,127,128)(H,129,130)(H,131,132)(H,149,150)/t49-,50-,51-,52+,55-,56-,57-,58-,59-,60-,61-,62-,63-,64-,73-,74-,75-,76-,77-/m0/s1. The summed E-state index contributed by atoms with van der Waals surface area (Å²) >= 11 is 0. The predicted molar refractivity (Wildman–Crippen MR) is 534 cm³/mol. The van der Waals surface area contributed by atoms with E-state index >= 15 is 0 Å². The summed E-state index contributed by atoms with van der Waals surface area (Å²) < 4.78 is 0. The van der Waals surface area contributed by atoms with Crippen LogP contribution in [0.15, 0.2) is 24.3 Å². The van der Waals surface area contributed by atoms with Gasteiger partial charge in [0.15, 0.2) is 0 Å². The van der Waals surface area contributed by atoms with E-state index in [1.807, 2.05) is 5.32 Å². The summed E-state index contributed by atoms with van der Waals surface area (Å²) in [6, 6.07) is -22.2. The van der Waals surface area contributed by atoms with E-state index in [1.54, 1.807) is 27.7 Å². The molecular formula is C94H156N24O32. The van der Waals surface area contributed by atoms with Gasteiger partial charge in [0.25, 0.3) is 0 Å². The maximum absolute atomic E-state index is 14.7. The van der Waals surface area contributed by atoms with Crippen molar-refractivity contribution in [1.29, 1.82) is 0 Å². The molecule has 19 atom stereocenters. The van der Waals surface area contributed by atoms with Crippen molar-refractivity contribution in [3.05, 3.63) is 29.8 Å². The first-order valence-electron chi connectivity index (χ1n) is 49.6. The Morgan fingerprint density at radius 3 is 0.947 bits per heavy atom. The van der Waals surface area contributed by atoms with Crippen LogP contribution in [0.1, 0.15) is 224 Å². The summed E-state index contributed by atoms with van der Waals surface area (Å²) in [7, 11) is 0. The van der Waals surface area contributed by atoms with Crippen LogP contribution in [0.5, 0.6) is 5.75 Å². The molecule has 844 valence electrons. The van der Waals surface area contributed by atoms with Gasteiger partial charge >= 0.3 is 29.8 Å². The summed E-state index contributed by atoms with van der Waals surface area (Å²) in [6.45, 7) is 17.4. The van der Waals surface area contributed by atoms with Crippen LogP contribution in [-0.4, -0.2) is 332 Å². The van der Waals surface area contributed by atoms with Gasteiger partial charge in [-0.2, -0.15) is 0 Å². The first-order valence-corrected chi connectivity index (χ1v) is 49.6. The van der Waals surface area contributed by atoms with Crippen molar-refractivity contribution in [2.24, 2.45) is 58.3 Å². The molecule has 0 radical (unpaired) electrons. The highest BCUT2D eigenvalue weighted by atomic mass is 16.4. The van der Waals surface area contributed by atoms with Crippen molar-refractivity contribution in [1.82, 2.24) is 101 Å². The molecule has 1 rings (SSSR count). The number of amides is 20. The van der Waals surface area contributed by atoms with Crippen LogP contribution in [-0.2, 0) is 126 Å². The summed E-state index contributed by atoms with van der Waals surface area (Å²) in [4.78, 5) is 336. The van der Waals surface area contributed by atoms with Crippen molar-refractivity contribution in [3.8, 4) is 5.75 Å². The van der Waals surface area contributed by atoms with Crippen molar-refractivity contribution < 1.29 is 156 Å². The van der Waals surface area contributed by atoms with Gasteiger partial charge in [0, 0.05) is 32.1 Å². The highest BCUT2D eigenvalue weighted by Gasteiger charge is 2.42. The minimum absolute atomic E-state index is 0.0311. The molecule has 150 heavy (non-hydrogen) atoms. The molecule has 0 aliphatic heterocycles. The fraction of sp³-hybridized carbons (Fsp3) is 0.670. The third-order valence-electron chi connectivity index (χ3n) is 23.4. The first kappa shape index (κ1) is 134. The van der Waals surface area contributed by atoms with E-state index in [2.05, 4.69) is 95.7 Å². The molecule has 56 nitrogen and oxygen atoms in total. The van der Waals surface area contributed by atoms with Gasteiger partial charge in [-0.1, -0.05) is 87.8 Å². The van der Waals surface area contributed by atoms with Crippen molar-refractivity contribution >= 4 is 148 Å². The van der Waals surface area contributed by atoms with Gasteiger partial charge in [0.2, 0.25) is 118 Å². The average molecular weight is 2130 g/mol. The molecule has 0 unspecified atom stereocenters. The van der Waals surface area contributed by atoms with Crippen LogP contribution in [0.25, 0.3) is 0 Å². The largest absolute Gasteiger partial charge is 0.508 e. The van der Waals surface area contributed by atoms with Gasteiger partial charge in [0.05, 0.1) is 32.2 Å². The number of aliphatic carboxylic acids is 5. The van der Waals surface area contributed by atoms with E-state index in [1.165, 1.54) is 79.7 Å². The molecule has 0 fully saturated rings. The SMILES string of the molecule is CC[C@H](C)[C@H](NC(=O)[C@H](C)NC(=O)[C@@H](NC(=O)[C@@H](NC(=O)[C@H](C)NC(=O)[C@H](CCCCN)NC(=O)CNC(=O)[C@H](CC(N)=O)NC(=O)CN)[C@@H](C)O)C(C)C)C(=O)N[C@@H](CC(C)C)C(=O)N[C@H](C(=O)N[C@@H](CCCCN)C(=O)N[C@@H](CCC(=O)O)C(=O)N[C@@H](CCCCN)C(=O)N[C@H](C(=O)N[C@@H](CCC(=O)O)C(=O)N[C@@H](Cc1ccc(O)cc1)C(=O)NCC(=O)N[C@@H](CCC(=O)O)C(=O)N[C@@H](CCC(=O)O)C(=O)O)C(C)C)C(C)C. The van der Waals surface area contributed by atoms with Crippen molar-refractivity contribution in [2.45, 2.75) is 334 Å². The number of phenols is 1. The molecule has 0 aromatic heterocycles. The van der Waals surface area contributed by atoms with Gasteiger partial charge in [-0.3, -0.25) is 115 Å². The van der Waals surface area contributed by atoms with Gasteiger partial charge in [0.1, 0.15) is 108 Å². The molecule has 0 spiro atoms. The lowest BCUT2D eigenvalue weighted by atomic mass is 9.96. The molecular weight excluding hydrogens is 1980 g/mol. The number of benzene rings is 1. The number of carbonyl (C=O) groups excluding carboxylic acids is 20. The second-order valence-corrected chi connectivity index (χ2v) is 37.8. The zero-order valence-corrected chi connectivity index (χ0v) is 86.9. The quantitative estimate of drug-likeness (QED) is 0.0269. The van der Waals surface area contributed by atoms with E-state index in [-0.39, 0.29) is 101 Å². The first-order chi connectivity index (χ1) is 70.3. The Kier molecular flexibility index (Phi) is 62.1. The third-order valence-corrected chi connectivity index (χ3v) is 23.4. The minimum Gasteiger partial charge on any atom is -0.508 e. The molecule has 0 heterocycles. The second-order valence-electron chi connectivity index (χ2n) is 37.8. The van der Waals surface area contributed by atoms with Crippen LogP contribution in [0.2, 0.25) is 0 Å². The predicted octanol–water partition coefficient (Wildman–Crippen LogP) is -8.35. The lowest BCUT2D eigenvalue weighted by Gasteiger charge is -2.31. The number of rotatable bonds is 75. The fourth-order valence-corrected chi connectivity index (χ4v) is 14.6. The minimum atomic E-state index is -1.86. The second kappa shape index (κ2) is 69.7. The lowest BCUT2D eigenvalue weighted by Crippen LogP contribution is -2.62. The van der Waals surface area contributed by atoms with E-state index in [0.717, 1.165) is 6.92 Å². The fourth-order valence-electron chi connectivity index (χ4n) is 14.6. The van der Waals surface area contributed by atoms with E-state index in [4.69, 9.17) is 33.8 Å². The smallest absolute Gasteiger partial charge is 0.326 e. The highest BCUT2D eigenvalue weighted by Crippen LogP contribution is 2.19. The Morgan fingerprint density at radius 2 is 0.587 bits per heavy atom. The average Bonchev–Trinajstić information content (AvgIpc) is 0.830. The van der Waals surface area contributed by atoms with Gasteiger partial charge < -0.3 is 165 Å². The van der Waals surface area contributed by atoms with Crippen LogP contribution >= 0.6 is 0 Å².